The van der Waals surface area contributed by atoms with E-state index in [2.05, 4.69) is 25.9 Å². The van der Waals surface area contributed by atoms with Crippen LogP contribution in [0.15, 0.2) is 28.6 Å². The van der Waals surface area contributed by atoms with Crippen molar-refractivity contribution < 1.29 is 14.3 Å². The average Bonchev–Trinajstić information content (AvgIpc) is 3.24. The maximum atomic E-state index is 12.8. The maximum Gasteiger partial charge on any atom is 0.226 e. The van der Waals surface area contributed by atoms with Crippen molar-refractivity contribution in [2.75, 3.05) is 46.1 Å². The lowest BCUT2D eigenvalue weighted by Crippen LogP contribution is -2.62. The molecule has 3 N–H and O–H groups in total. The van der Waals surface area contributed by atoms with Gasteiger partial charge >= 0.3 is 0 Å². The Labute approximate surface area is 182 Å². The van der Waals surface area contributed by atoms with E-state index in [-0.39, 0.29) is 24.5 Å². The zero-order valence-corrected chi connectivity index (χ0v) is 18.0. The van der Waals surface area contributed by atoms with Crippen LogP contribution in [0.1, 0.15) is 25.0 Å². The molecule has 4 aliphatic rings. The van der Waals surface area contributed by atoms with Crippen molar-refractivity contribution in [1.29, 1.82) is 0 Å². The number of amides is 1. The van der Waals surface area contributed by atoms with Crippen LogP contribution in [0.5, 0.6) is 0 Å². The summed E-state index contributed by atoms with van der Waals surface area (Å²) in [7, 11) is 1.90. The molecule has 0 radical (unpaired) electrons. The summed E-state index contributed by atoms with van der Waals surface area (Å²) in [6.45, 7) is 5.29. The van der Waals surface area contributed by atoms with Gasteiger partial charge in [0.05, 0.1) is 31.4 Å². The highest BCUT2D eigenvalue weighted by atomic mass is 16.5. The van der Waals surface area contributed by atoms with Crippen LogP contribution in [0.2, 0.25) is 0 Å². The van der Waals surface area contributed by atoms with E-state index < -0.39 is 0 Å². The van der Waals surface area contributed by atoms with Crippen LogP contribution in [0.25, 0.3) is 0 Å². The van der Waals surface area contributed by atoms with Gasteiger partial charge in [-0.1, -0.05) is 0 Å². The van der Waals surface area contributed by atoms with Crippen molar-refractivity contribution in [3.8, 4) is 0 Å². The van der Waals surface area contributed by atoms with Crippen LogP contribution in [0.4, 0.5) is 0 Å². The minimum atomic E-state index is -0.146. The van der Waals surface area contributed by atoms with Gasteiger partial charge in [-0.3, -0.25) is 14.4 Å². The van der Waals surface area contributed by atoms with Crippen LogP contribution in [0.3, 0.4) is 0 Å². The molecule has 3 fully saturated rings. The van der Waals surface area contributed by atoms with Crippen LogP contribution >= 0.6 is 0 Å². The molecule has 3 saturated heterocycles. The Morgan fingerprint density at radius 1 is 1.29 bits per heavy atom. The third kappa shape index (κ3) is 4.32. The number of piperazine rings is 1. The molecule has 0 spiro atoms. The molecular weight excluding hydrogens is 398 g/mol. The molecule has 1 aromatic heterocycles. The molecule has 1 amide bonds. The number of aromatic nitrogens is 2. The first-order valence-electron chi connectivity index (χ1n) is 11.2. The fourth-order valence-electron chi connectivity index (χ4n) is 4.72. The fraction of sp³-hybridized carbons (Fsp3) is 0.667. The minimum Gasteiger partial charge on any atom is -0.382 e. The molecule has 1 unspecified atom stereocenters. The summed E-state index contributed by atoms with van der Waals surface area (Å²) in [6, 6.07) is 2.22. The molecule has 31 heavy (non-hydrogen) atoms. The smallest absolute Gasteiger partial charge is 0.226 e. The fourth-order valence-corrected chi connectivity index (χ4v) is 4.72. The summed E-state index contributed by atoms with van der Waals surface area (Å²) in [4.78, 5) is 20.2. The Morgan fingerprint density at radius 2 is 2.16 bits per heavy atom. The van der Waals surface area contributed by atoms with Crippen LogP contribution in [0, 0.1) is 5.92 Å². The molecule has 2 atom stereocenters. The number of aryl methyl sites for hydroxylation is 1. The predicted molar refractivity (Wildman–Crippen MR) is 114 cm³/mol. The van der Waals surface area contributed by atoms with Gasteiger partial charge in [0, 0.05) is 51.8 Å². The van der Waals surface area contributed by atoms with Crippen molar-refractivity contribution >= 4 is 11.7 Å². The Hall–Kier alpha value is -2.43. The second kappa shape index (κ2) is 8.97. The summed E-state index contributed by atoms with van der Waals surface area (Å²) in [5.41, 5.74) is 2.77. The minimum absolute atomic E-state index is 0.0254. The van der Waals surface area contributed by atoms with Gasteiger partial charge < -0.3 is 25.4 Å². The van der Waals surface area contributed by atoms with Crippen molar-refractivity contribution in [3.05, 3.63) is 29.4 Å². The molecule has 0 aromatic carbocycles. The van der Waals surface area contributed by atoms with Crippen LogP contribution < -0.4 is 16.0 Å². The van der Waals surface area contributed by atoms with Gasteiger partial charge in [0.2, 0.25) is 5.91 Å². The van der Waals surface area contributed by atoms with Crippen molar-refractivity contribution in [1.82, 2.24) is 30.6 Å². The second-order valence-electron chi connectivity index (χ2n) is 8.59. The standard InChI is InChI=1S/C21H31N7O3/c1-27-17(2-5-24-27)20-25-16(10-18(29)22-11-14-3-7-30-8-4-14)19-21(26-20)28-6-9-31-13-15(28)12-23-19/h2,5,14-15,21,23H,3-4,6-13H2,1H3,(H,22,29)(H,25,26)/t15?,21-/m1/s1. The van der Waals surface area contributed by atoms with Crippen molar-refractivity contribution in [2.45, 2.75) is 31.5 Å². The number of fused-ring (bicyclic) bond motifs is 3. The Morgan fingerprint density at radius 3 is 2.97 bits per heavy atom. The summed E-state index contributed by atoms with van der Waals surface area (Å²) in [5, 5.41) is 14.4. The number of morpholine rings is 1. The number of nitrogens with zero attached hydrogens (tertiary/aromatic N) is 4. The number of aliphatic imine (C=N–C) groups is 1. The SMILES string of the molecule is Cn1nccc1C1=N[C@H]2C(=C(CC(=O)NCC3CCOCC3)N1)NCC1COCCN12. The quantitative estimate of drug-likeness (QED) is 0.582. The molecule has 10 heteroatoms. The number of carbonyl (C=O) groups is 1. The van der Waals surface area contributed by atoms with E-state index in [1.807, 2.05) is 13.1 Å². The van der Waals surface area contributed by atoms with E-state index in [1.54, 1.807) is 10.9 Å². The molecule has 1 aromatic rings. The molecule has 5 heterocycles. The van der Waals surface area contributed by atoms with Gasteiger partial charge in [0.15, 0.2) is 5.84 Å². The summed E-state index contributed by atoms with van der Waals surface area (Å²) in [6.07, 6.45) is 3.91. The number of carbonyl (C=O) groups excluding carboxylic acids is 1. The lowest BCUT2D eigenvalue weighted by atomic mass is 10.0. The largest absolute Gasteiger partial charge is 0.382 e. The Balaban J connectivity index is 1.35. The van der Waals surface area contributed by atoms with E-state index in [0.29, 0.717) is 25.7 Å². The highest BCUT2D eigenvalue weighted by molar-refractivity contribution is 6.00. The normalized spacial score (nSPS) is 26.9. The molecule has 0 aliphatic carbocycles. The first kappa shape index (κ1) is 20.5. The average molecular weight is 430 g/mol. The van der Waals surface area contributed by atoms with E-state index in [4.69, 9.17) is 14.5 Å². The Bertz CT molecular complexity index is 874. The lowest BCUT2D eigenvalue weighted by molar-refractivity contribution is -0.120. The monoisotopic (exact) mass is 429 g/mol. The first-order chi connectivity index (χ1) is 15.2. The molecule has 0 bridgehead atoms. The number of rotatable bonds is 5. The van der Waals surface area contributed by atoms with Gasteiger partial charge in [-0.05, 0) is 24.8 Å². The van der Waals surface area contributed by atoms with Gasteiger partial charge in [-0.2, -0.15) is 5.10 Å². The first-order valence-corrected chi connectivity index (χ1v) is 11.2. The van der Waals surface area contributed by atoms with Gasteiger partial charge in [-0.25, -0.2) is 4.99 Å². The van der Waals surface area contributed by atoms with Crippen molar-refractivity contribution in [2.24, 2.45) is 18.0 Å². The molecular formula is C21H31N7O3. The zero-order valence-electron chi connectivity index (χ0n) is 18.0. The Kier molecular flexibility index (Phi) is 5.93. The van der Waals surface area contributed by atoms with Crippen molar-refractivity contribution in [3.63, 3.8) is 0 Å². The third-order valence-electron chi connectivity index (χ3n) is 6.55. The number of hydrogen-bond acceptors (Lipinski definition) is 8. The summed E-state index contributed by atoms with van der Waals surface area (Å²) >= 11 is 0. The molecule has 5 rings (SSSR count). The van der Waals surface area contributed by atoms with Crippen LogP contribution in [-0.4, -0.2) is 84.7 Å². The summed E-state index contributed by atoms with van der Waals surface area (Å²) < 4.78 is 12.9. The van der Waals surface area contributed by atoms with Crippen LogP contribution in [-0.2, 0) is 21.3 Å². The predicted octanol–water partition coefficient (Wildman–Crippen LogP) is -0.455. The summed E-state index contributed by atoms with van der Waals surface area (Å²) in [5.74, 6) is 1.27. The van der Waals surface area contributed by atoms with E-state index >= 15 is 0 Å². The maximum absolute atomic E-state index is 12.8. The number of hydrogen-bond donors (Lipinski definition) is 3. The lowest BCUT2D eigenvalue weighted by Gasteiger charge is -2.46. The third-order valence-corrected chi connectivity index (χ3v) is 6.55. The number of nitrogens with one attached hydrogen (secondary N) is 3. The van der Waals surface area contributed by atoms with E-state index in [0.717, 1.165) is 62.1 Å². The number of amidine groups is 1. The molecule has 10 nitrogen and oxygen atoms in total. The van der Waals surface area contributed by atoms with E-state index in [1.165, 1.54) is 0 Å². The van der Waals surface area contributed by atoms with Gasteiger partial charge in [-0.15, -0.1) is 0 Å². The molecule has 0 saturated carbocycles. The zero-order chi connectivity index (χ0) is 21.2. The molecule has 168 valence electrons. The van der Waals surface area contributed by atoms with Gasteiger partial charge in [0.25, 0.3) is 0 Å². The number of ether oxygens (including phenoxy) is 2. The highest BCUT2D eigenvalue weighted by Crippen LogP contribution is 2.27. The highest BCUT2D eigenvalue weighted by Gasteiger charge is 2.39. The second-order valence-corrected chi connectivity index (χ2v) is 8.59. The molecule has 4 aliphatic heterocycles. The van der Waals surface area contributed by atoms with E-state index in [9.17, 15) is 4.79 Å². The topological polar surface area (TPSA) is 105 Å². The van der Waals surface area contributed by atoms with Gasteiger partial charge in [0.1, 0.15) is 11.9 Å².